The van der Waals surface area contributed by atoms with Crippen molar-refractivity contribution in [2.24, 2.45) is 0 Å². The van der Waals surface area contributed by atoms with Crippen molar-refractivity contribution in [2.45, 2.75) is 13.8 Å². The van der Waals surface area contributed by atoms with Crippen molar-refractivity contribution in [1.82, 2.24) is 4.98 Å². The Morgan fingerprint density at radius 3 is 2.87 bits per heavy atom. The second-order valence-electron chi connectivity index (χ2n) is 2.80. The molecule has 0 aliphatic rings. The van der Waals surface area contributed by atoms with Gasteiger partial charge in [-0.15, -0.1) is 0 Å². The van der Waals surface area contributed by atoms with Crippen LogP contribution in [0.15, 0.2) is 18.3 Å². The van der Waals surface area contributed by atoms with Gasteiger partial charge in [0.2, 0.25) is 5.91 Å². The molecule has 1 rings (SSSR count). The molecular weight excluding hydrogens is 196 g/mol. The lowest BCUT2D eigenvalue weighted by Gasteiger charge is -2.07. The van der Waals surface area contributed by atoms with E-state index in [9.17, 15) is 9.59 Å². The van der Waals surface area contributed by atoms with Gasteiger partial charge in [0.25, 0.3) is 0 Å². The first kappa shape index (κ1) is 11.2. The van der Waals surface area contributed by atoms with Crippen molar-refractivity contribution in [3.63, 3.8) is 0 Å². The number of hydrogen-bond acceptors (Lipinski definition) is 4. The molecule has 0 saturated carbocycles. The van der Waals surface area contributed by atoms with E-state index < -0.39 is 5.97 Å². The number of carbonyl (C=O) groups excluding carboxylic acids is 2. The van der Waals surface area contributed by atoms with Gasteiger partial charge in [-0.25, -0.2) is 9.78 Å². The molecule has 1 heterocycles. The molecule has 0 saturated heterocycles. The first-order valence-electron chi connectivity index (χ1n) is 4.55. The Hall–Kier alpha value is -1.91. The number of nitrogens with one attached hydrogen (secondary N) is 1. The third-order valence-electron chi connectivity index (χ3n) is 1.60. The van der Waals surface area contributed by atoms with Gasteiger partial charge in [0.05, 0.1) is 6.61 Å². The fraction of sp³-hybridized carbons (Fsp3) is 0.300. The fourth-order valence-electron chi connectivity index (χ4n) is 1.05. The summed E-state index contributed by atoms with van der Waals surface area (Å²) in [6, 6.07) is 3.16. The highest BCUT2D eigenvalue weighted by molar-refractivity contribution is 5.99. The molecular formula is C10H12N2O3. The summed E-state index contributed by atoms with van der Waals surface area (Å²) in [5.41, 5.74) is 0.259. The van der Waals surface area contributed by atoms with Gasteiger partial charge in [-0.2, -0.15) is 0 Å². The van der Waals surface area contributed by atoms with Crippen LogP contribution in [0.5, 0.6) is 0 Å². The van der Waals surface area contributed by atoms with Crippen molar-refractivity contribution >= 4 is 17.7 Å². The van der Waals surface area contributed by atoms with Crippen LogP contribution in [0.25, 0.3) is 0 Å². The maximum absolute atomic E-state index is 11.4. The molecule has 0 aromatic carbocycles. The maximum atomic E-state index is 11.4. The second kappa shape index (κ2) is 5.09. The molecule has 0 atom stereocenters. The molecule has 0 bridgehead atoms. The zero-order valence-electron chi connectivity index (χ0n) is 8.61. The highest BCUT2D eigenvalue weighted by Gasteiger charge is 2.13. The topological polar surface area (TPSA) is 68.3 Å². The van der Waals surface area contributed by atoms with E-state index in [0.29, 0.717) is 0 Å². The number of esters is 1. The van der Waals surface area contributed by atoms with Crippen molar-refractivity contribution in [1.29, 1.82) is 0 Å². The van der Waals surface area contributed by atoms with Gasteiger partial charge in [0.15, 0.2) is 0 Å². The van der Waals surface area contributed by atoms with E-state index >= 15 is 0 Å². The summed E-state index contributed by atoms with van der Waals surface area (Å²) < 4.78 is 4.82. The quantitative estimate of drug-likeness (QED) is 0.758. The lowest BCUT2D eigenvalue weighted by Crippen LogP contribution is -2.14. The fourth-order valence-corrected chi connectivity index (χ4v) is 1.05. The first-order valence-corrected chi connectivity index (χ1v) is 4.55. The Morgan fingerprint density at radius 2 is 2.27 bits per heavy atom. The zero-order chi connectivity index (χ0) is 11.3. The molecule has 0 aliphatic heterocycles. The Morgan fingerprint density at radius 1 is 1.53 bits per heavy atom. The molecule has 0 fully saturated rings. The third kappa shape index (κ3) is 3.05. The zero-order valence-corrected chi connectivity index (χ0v) is 8.61. The van der Waals surface area contributed by atoms with E-state index in [1.54, 1.807) is 19.1 Å². The van der Waals surface area contributed by atoms with Crippen LogP contribution < -0.4 is 5.32 Å². The molecule has 1 amide bonds. The number of aromatic nitrogens is 1. The lowest BCUT2D eigenvalue weighted by molar-refractivity contribution is -0.114. The Labute approximate surface area is 87.5 Å². The van der Waals surface area contributed by atoms with Crippen LogP contribution >= 0.6 is 0 Å². The standard InChI is InChI=1S/C10H12N2O3/c1-3-15-10(14)8-5-4-6-11-9(8)12-7(2)13/h4-6H,3H2,1-2H3,(H,11,12,13). The summed E-state index contributed by atoms with van der Waals surface area (Å²) in [4.78, 5) is 26.2. The van der Waals surface area contributed by atoms with Crippen LogP contribution in [0, 0.1) is 0 Å². The highest BCUT2D eigenvalue weighted by atomic mass is 16.5. The average molecular weight is 208 g/mol. The molecule has 1 aromatic heterocycles. The summed E-state index contributed by atoms with van der Waals surface area (Å²) in [5.74, 6) is -0.544. The van der Waals surface area contributed by atoms with E-state index in [-0.39, 0.29) is 23.9 Å². The van der Waals surface area contributed by atoms with Crippen LogP contribution in [0.1, 0.15) is 24.2 Å². The number of ether oxygens (including phenoxy) is 1. The minimum atomic E-state index is -0.491. The molecule has 0 spiro atoms. The molecule has 5 heteroatoms. The van der Waals surface area contributed by atoms with Crippen LogP contribution in [-0.4, -0.2) is 23.5 Å². The van der Waals surface area contributed by atoms with Gasteiger partial charge in [-0.1, -0.05) is 0 Å². The third-order valence-corrected chi connectivity index (χ3v) is 1.60. The summed E-state index contributed by atoms with van der Waals surface area (Å²) in [7, 11) is 0. The number of pyridine rings is 1. The van der Waals surface area contributed by atoms with Gasteiger partial charge >= 0.3 is 5.97 Å². The minimum absolute atomic E-state index is 0.225. The van der Waals surface area contributed by atoms with Gasteiger partial charge in [-0.3, -0.25) is 4.79 Å². The molecule has 1 N–H and O–H groups in total. The van der Waals surface area contributed by atoms with Crippen molar-refractivity contribution in [3.8, 4) is 0 Å². The molecule has 80 valence electrons. The normalized spacial score (nSPS) is 9.47. The molecule has 5 nitrogen and oxygen atoms in total. The van der Waals surface area contributed by atoms with Crippen LogP contribution in [0.3, 0.4) is 0 Å². The second-order valence-corrected chi connectivity index (χ2v) is 2.80. The van der Waals surface area contributed by atoms with Crippen LogP contribution in [0.4, 0.5) is 5.82 Å². The van der Waals surface area contributed by atoms with Gasteiger partial charge in [-0.05, 0) is 19.1 Å². The number of amides is 1. The maximum Gasteiger partial charge on any atom is 0.341 e. The summed E-state index contributed by atoms with van der Waals surface area (Å²) >= 11 is 0. The number of hydrogen-bond donors (Lipinski definition) is 1. The van der Waals surface area contributed by atoms with Gasteiger partial charge in [0, 0.05) is 13.1 Å². The minimum Gasteiger partial charge on any atom is -0.462 e. The van der Waals surface area contributed by atoms with Crippen LogP contribution in [0.2, 0.25) is 0 Å². The number of nitrogens with zero attached hydrogens (tertiary/aromatic N) is 1. The van der Waals surface area contributed by atoms with E-state index in [2.05, 4.69) is 10.3 Å². The van der Waals surface area contributed by atoms with E-state index in [4.69, 9.17) is 4.74 Å². The SMILES string of the molecule is CCOC(=O)c1cccnc1NC(C)=O. The van der Waals surface area contributed by atoms with Crippen molar-refractivity contribution in [2.75, 3.05) is 11.9 Å². The van der Waals surface area contributed by atoms with Gasteiger partial charge < -0.3 is 10.1 Å². The number of anilines is 1. The summed E-state index contributed by atoms with van der Waals surface area (Å²) in [5, 5.41) is 2.46. The Balaban J connectivity index is 2.95. The number of carbonyl (C=O) groups is 2. The van der Waals surface area contributed by atoms with Crippen molar-refractivity contribution < 1.29 is 14.3 Å². The molecule has 15 heavy (non-hydrogen) atoms. The predicted molar refractivity (Wildman–Crippen MR) is 54.5 cm³/mol. The van der Waals surface area contributed by atoms with Gasteiger partial charge in [0.1, 0.15) is 11.4 Å². The summed E-state index contributed by atoms with van der Waals surface area (Å²) in [6.45, 7) is 3.35. The molecule has 0 unspecified atom stereocenters. The van der Waals surface area contributed by atoms with E-state index in [1.165, 1.54) is 13.1 Å². The monoisotopic (exact) mass is 208 g/mol. The largest absolute Gasteiger partial charge is 0.462 e. The Kier molecular flexibility index (Phi) is 3.79. The summed E-state index contributed by atoms with van der Waals surface area (Å²) in [6.07, 6.45) is 1.49. The van der Waals surface area contributed by atoms with Crippen LogP contribution in [-0.2, 0) is 9.53 Å². The predicted octanol–water partition coefficient (Wildman–Crippen LogP) is 1.22. The first-order chi connectivity index (χ1) is 7.15. The molecule has 1 aromatic rings. The Bertz CT molecular complexity index is 377. The molecule has 0 aliphatic carbocycles. The van der Waals surface area contributed by atoms with E-state index in [1.807, 2.05) is 0 Å². The molecule has 0 radical (unpaired) electrons. The smallest absolute Gasteiger partial charge is 0.341 e. The lowest BCUT2D eigenvalue weighted by atomic mass is 10.2. The number of rotatable bonds is 3. The van der Waals surface area contributed by atoms with E-state index in [0.717, 1.165) is 0 Å². The van der Waals surface area contributed by atoms with Crippen molar-refractivity contribution in [3.05, 3.63) is 23.9 Å². The highest BCUT2D eigenvalue weighted by Crippen LogP contribution is 2.12. The average Bonchev–Trinajstić information content (AvgIpc) is 2.18.